The fourth-order valence-electron chi connectivity index (χ4n) is 2.41. The number of fused-ring (bicyclic) bond motifs is 2. The van der Waals surface area contributed by atoms with Gasteiger partial charge in [0.25, 0.3) is 5.91 Å². The van der Waals surface area contributed by atoms with E-state index in [1.165, 1.54) is 0 Å². The van der Waals surface area contributed by atoms with Gasteiger partial charge in [0, 0.05) is 5.56 Å². The second-order valence-corrected chi connectivity index (χ2v) is 5.17. The van der Waals surface area contributed by atoms with E-state index in [-0.39, 0.29) is 12.7 Å². The van der Waals surface area contributed by atoms with Crippen molar-refractivity contribution in [1.82, 2.24) is 5.43 Å². The molecule has 24 heavy (non-hydrogen) atoms. The summed E-state index contributed by atoms with van der Waals surface area (Å²) in [6.07, 6.45) is 1.54. The lowest BCUT2D eigenvalue weighted by Gasteiger charge is -2.18. The average Bonchev–Trinajstić information content (AvgIpc) is 3.09. The zero-order valence-electron chi connectivity index (χ0n) is 12.7. The first kappa shape index (κ1) is 14.4. The van der Waals surface area contributed by atoms with Crippen LogP contribution in [0.25, 0.3) is 0 Å². The zero-order valence-corrected chi connectivity index (χ0v) is 12.7. The second kappa shape index (κ2) is 6.11. The standard InChI is InChI=1S/C17H14N2O5/c20-17(12-2-4-14-16(8-12)24-10-23-14)19-18-9-11-1-3-13-15(7-11)22-6-5-21-13/h1-4,7-9H,5-6,10H2,(H,19,20)/b18-9-. The van der Waals surface area contributed by atoms with E-state index in [0.717, 1.165) is 5.56 Å². The van der Waals surface area contributed by atoms with Gasteiger partial charge in [-0.05, 0) is 42.0 Å². The molecule has 2 aromatic carbocycles. The van der Waals surface area contributed by atoms with E-state index in [9.17, 15) is 4.79 Å². The molecule has 0 bridgehead atoms. The summed E-state index contributed by atoms with van der Waals surface area (Å²) in [6.45, 7) is 1.24. The van der Waals surface area contributed by atoms with Crippen molar-refractivity contribution in [2.75, 3.05) is 20.0 Å². The summed E-state index contributed by atoms with van der Waals surface area (Å²) in [5.74, 6) is 2.24. The van der Waals surface area contributed by atoms with Crippen LogP contribution in [0, 0.1) is 0 Å². The first-order valence-corrected chi connectivity index (χ1v) is 7.42. The van der Waals surface area contributed by atoms with Crippen LogP contribution in [0.1, 0.15) is 15.9 Å². The van der Waals surface area contributed by atoms with Gasteiger partial charge in [-0.2, -0.15) is 5.10 Å². The van der Waals surface area contributed by atoms with Crippen LogP contribution in [0.15, 0.2) is 41.5 Å². The summed E-state index contributed by atoms with van der Waals surface area (Å²) in [5, 5.41) is 3.97. The van der Waals surface area contributed by atoms with Gasteiger partial charge in [-0.1, -0.05) is 0 Å². The molecule has 2 aromatic rings. The lowest BCUT2D eigenvalue weighted by Crippen LogP contribution is -2.17. The predicted molar refractivity (Wildman–Crippen MR) is 85.1 cm³/mol. The highest BCUT2D eigenvalue weighted by molar-refractivity contribution is 5.95. The van der Waals surface area contributed by atoms with Crippen LogP contribution >= 0.6 is 0 Å². The Morgan fingerprint density at radius 3 is 2.54 bits per heavy atom. The quantitative estimate of drug-likeness (QED) is 0.689. The Hall–Kier alpha value is -3.22. The molecule has 7 heteroatoms. The lowest BCUT2D eigenvalue weighted by atomic mass is 10.2. The Bertz CT molecular complexity index is 819. The van der Waals surface area contributed by atoms with Crippen LogP contribution < -0.4 is 24.4 Å². The van der Waals surface area contributed by atoms with E-state index in [1.54, 1.807) is 24.4 Å². The summed E-state index contributed by atoms with van der Waals surface area (Å²) in [4.78, 5) is 12.1. The third kappa shape index (κ3) is 2.83. The normalized spacial score (nSPS) is 14.7. The van der Waals surface area contributed by atoms with E-state index >= 15 is 0 Å². The minimum absolute atomic E-state index is 0.169. The van der Waals surface area contributed by atoms with Gasteiger partial charge in [0.1, 0.15) is 13.2 Å². The molecule has 0 aromatic heterocycles. The van der Waals surface area contributed by atoms with Crippen molar-refractivity contribution < 1.29 is 23.7 Å². The summed E-state index contributed by atoms with van der Waals surface area (Å²) in [7, 11) is 0. The number of carbonyl (C=O) groups excluding carboxylic acids is 1. The summed E-state index contributed by atoms with van der Waals surface area (Å²) >= 11 is 0. The highest BCUT2D eigenvalue weighted by Crippen LogP contribution is 2.32. The molecule has 2 aliphatic rings. The highest BCUT2D eigenvalue weighted by Gasteiger charge is 2.16. The Morgan fingerprint density at radius 2 is 1.62 bits per heavy atom. The number of nitrogens with zero attached hydrogens (tertiary/aromatic N) is 1. The average molecular weight is 326 g/mol. The summed E-state index contributed by atoms with van der Waals surface area (Å²) in [6, 6.07) is 10.4. The number of carbonyl (C=O) groups is 1. The van der Waals surface area contributed by atoms with Crippen molar-refractivity contribution in [3.8, 4) is 23.0 Å². The lowest BCUT2D eigenvalue weighted by molar-refractivity contribution is 0.0954. The molecule has 7 nitrogen and oxygen atoms in total. The first-order valence-electron chi connectivity index (χ1n) is 7.42. The van der Waals surface area contributed by atoms with Crippen molar-refractivity contribution in [3.63, 3.8) is 0 Å². The molecule has 0 radical (unpaired) electrons. The Morgan fingerprint density at radius 1 is 0.917 bits per heavy atom. The monoisotopic (exact) mass is 326 g/mol. The molecule has 0 aliphatic carbocycles. The Kier molecular flexibility index (Phi) is 3.66. The van der Waals surface area contributed by atoms with Crippen molar-refractivity contribution in [2.24, 2.45) is 5.10 Å². The van der Waals surface area contributed by atoms with Gasteiger partial charge in [0.05, 0.1) is 6.21 Å². The van der Waals surface area contributed by atoms with Gasteiger partial charge in [-0.3, -0.25) is 4.79 Å². The van der Waals surface area contributed by atoms with E-state index in [2.05, 4.69) is 10.5 Å². The third-order valence-corrected chi connectivity index (χ3v) is 3.58. The fraction of sp³-hybridized carbons (Fsp3) is 0.176. The number of hydrogen-bond acceptors (Lipinski definition) is 6. The van der Waals surface area contributed by atoms with Crippen LogP contribution in [0.3, 0.4) is 0 Å². The molecule has 122 valence electrons. The number of amides is 1. The molecule has 4 rings (SSSR count). The summed E-state index contributed by atoms with van der Waals surface area (Å²) in [5.41, 5.74) is 3.72. The van der Waals surface area contributed by atoms with E-state index in [4.69, 9.17) is 18.9 Å². The van der Waals surface area contributed by atoms with Gasteiger partial charge < -0.3 is 18.9 Å². The minimum atomic E-state index is -0.331. The maximum Gasteiger partial charge on any atom is 0.271 e. The molecule has 1 N–H and O–H groups in total. The fourth-order valence-corrected chi connectivity index (χ4v) is 2.41. The van der Waals surface area contributed by atoms with Gasteiger partial charge in [-0.25, -0.2) is 5.43 Å². The van der Waals surface area contributed by atoms with Crippen LogP contribution in [0.5, 0.6) is 23.0 Å². The highest BCUT2D eigenvalue weighted by atomic mass is 16.7. The smallest absolute Gasteiger partial charge is 0.271 e. The van der Waals surface area contributed by atoms with E-state index < -0.39 is 0 Å². The number of ether oxygens (including phenoxy) is 4. The molecule has 2 aliphatic heterocycles. The third-order valence-electron chi connectivity index (χ3n) is 3.58. The predicted octanol–water partition coefficient (Wildman–Crippen LogP) is 1.95. The minimum Gasteiger partial charge on any atom is -0.486 e. The van der Waals surface area contributed by atoms with Crippen LogP contribution in [-0.2, 0) is 0 Å². The Balaban J connectivity index is 1.42. The number of hydrazone groups is 1. The Labute approximate surface area is 137 Å². The van der Waals surface area contributed by atoms with Crippen molar-refractivity contribution >= 4 is 12.1 Å². The second-order valence-electron chi connectivity index (χ2n) is 5.17. The number of nitrogens with one attached hydrogen (secondary N) is 1. The van der Waals surface area contributed by atoms with Crippen molar-refractivity contribution in [2.45, 2.75) is 0 Å². The molecule has 0 fully saturated rings. The van der Waals surface area contributed by atoms with Crippen molar-refractivity contribution in [1.29, 1.82) is 0 Å². The molecule has 0 saturated carbocycles. The molecular weight excluding hydrogens is 312 g/mol. The molecular formula is C17H14N2O5. The van der Waals surface area contributed by atoms with Gasteiger partial charge >= 0.3 is 0 Å². The maximum absolute atomic E-state index is 12.1. The summed E-state index contributed by atoms with van der Waals surface area (Å²) < 4.78 is 21.4. The van der Waals surface area contributed by atoms with Crippen LogP contribution in [0.4, 0.5) is 0 Å². The van der Waals surface area contributed by atoms with E-state index in [0.29, 0.717) is 41.8 Å². The molecule has 0 atom stereocenters. The zero-order chi connectivity index (χ0) is 16.4. The largest absolute Gasteiger partial charge is 0.486 e. The van der Waals surface area contributed by atoms with Crippen LogP contribution in [-0.4, -0.2) is 32.1 Å². The molecule has 0 spiro atoms. The molecule has 0 saturated heterocycles. The topological polar surface area (TPSA) is 78.4 Å². The molecule has 1 amide bonds. The first-order chi connectivity index (χ1) is 11.8. The van der Waals surface area contributed by atoms with Crippen molar-refractivity contribution in [3.05, 3.63) is 47.5 Å². The molecule has 2 heterocycles. The number of hydrogen-bond donors (Lipinski definition) is 1. The van der Waals surface area contributed by atoms with Gasteiger partial charge in [0.2, 0.25) is 6.79 Å². The van der Waals surface area contributed by atoms with Crippen LogP contribution in [0.2, 0.25) is 0 Å². The number of rotatable bonds is 3. The van der Waals surface area contributed by atoms with Gasteiger partial charge in [0.15, 0.2) is 23.0 Å². The SMILES string of the molecule is O=C(N/N=C\c1ccc2c(c1)OCCO2)c1ccc2c(c1)OCO2. The molecule has 0 unspecified atom stereocenters. The number of benzene rings is 2. The van der Waals surface area contributed by atoms with E-state index in [1.807, 2.05) is 18.2 Å². The maximum atomic E-state index is 12.1. The van der Waals surface area contributed by atoms with Gasteiger partial charge in [-0.15, -0.1) is 0 Å².